The van der Waals surface area contributed by atoms with Gasteiger partial charge in [0.25, 0.3) is 15.7 Å². The molecular weight excluding hydrogens is 463 g/mol. The number of hydrogen-bond donors (Lipinski definition) is 2. The number of para-hydroxylation sites is 2. The number of benzene rings is 3. The van der Waals surface area contributed by atoms with Gasteiger partial charge in [0.1, 0.15) is 16.5 Å². The lowest BCUT2D eigenvalue weighted by Crippen LogP contribution is -2.15. The summed E-state index contributed by atoms with van der Waals surface area (Å²) in [6.07, 6.45) is 1.07. The number of nitrogens with zero attached hydrogens (tertiary/aromatic N) is 2. The van der Waals surface area contributed by atoms with E-state index in [9.17, 15) is 22.9 Å². The van der Waals surface area contributed by atoms with Gasteiger partial charge in [0, 0.05) is 17.7 Å². The molecular formula is C20H16ClFN4O5S. The van der Waals surface area contributed by atoms with Gasteiger partial charge in [0.15, 0.2) is 0 Å². The van der Waals surface area contributed by atoms with Crippen LogP contribution in [0.4, 0.5) is 21.5 Å². The molecule has 0 radical (unpaired) electrons. The fourth-order valence-corrected chi connectivity index (χ4v) is 4.13. The molecule has 0 amide bonds. The van der Waals surface area contributed by atoms with Crippen molar-refractivity contribution in [1.82, 2.24) is 0 Å². The van der Waals surface area contributed by atoms with E-state index in [0.717, 1.165) is 18.3 Å². The molecule has 3 aromatic rings. The SMILES string of the molecule is COc1ccccc1NS(=O)(=O)c1cc([N+](=O)[O-])ccc1N/N=C\c1c(F)cccc1Cl. The van der Waals surface area contributed by atoms with Crippen molar-refractivity contribution in [3.8, 4) is 5.75 Å². The van der Waals surface area contributed by atoms with E-state index in [1.807, 2.05) is 0 Å². The molecule has 3 rings (SSSR count). The molecule has 12 heteroatoms. The van der Waals surface area contributed by atoms with E-state index in [4.69, 9.17) is 16.3 Å². The van der Waals surface area contributed by atoms with E-state index in [1.54, 1.807) is 18.2 Å². The lowest BCUT2D eigenvalue weighted by molar-refractivity contribution is -0.385. The number of rotatable bonds is 8. The van der Waals surface area contributed by atoms with Crippen molar-refractivity contribution in [2.45, 2.75) is 4.90 Å². The minimum absolute atomic E-state index is 0.0138. The van der Waals surface area contributed by atoms with E-state index >= 15 is 0 Å². The third kappa shape index (κ3) is 5.13. The Morgan fingerprint density at radius 2 is 1.88 bits per heavy atom. The number of nitro benzene ring substituents is 1. The minimum Gasteiger partial charge on any atom is -0.495 e. The van der Waals surface area contributed by atoms with Crippen molar-refractivity contribution in [2.24, 2.45) is 5.10 Å². The zero-order valence-electron chi connectivity index (χ0n) is 16.5. The Balaban J connectivity index is 1.99. The van der Waals surface area contributed by atoms with Gasteiger partial charge in [0.05, 0.1) is 34.6 Å². The highest BCUT2D eigenvalue weighted by Gasteiger charge is 2.23. The van der Waals surface area contributed by atoms with Crippen LogP contribution in [0.2, 0.25) is 5.02 Å². The standard InChI is InChI=1S/C20H16ClFN4O5S/c1-31-19-8-3-2-7-17(19)25-32(29,30)20-11-13(26(27)28)9-10-18(20)24-23-12-14-15(21)5-4-6-16(14)22/h2-12,24-25H,1H3/b23-12-. The zero-order chi connectivity index (χ0) is 23.3. The first-order valence-electron chi connectivity index (χ1n) is 8.90. The number of nitro groups is 1. The molecule has 2 N–H and O–H groups in total. The molecule has 166 valence electrons. The van der Waals surface area contributed by atoms with Crippen LogP contribution in [0.1, 0.15) is 5.56 Å². The monoisotopic (exact) mass is 478 g/mol. The average molecular weight is 479 g/mol. The topological polar surface area (TPSA) is 123 Å². The van der Waals surface area contributed by atoms with Crippen LogP contribution in [0.25, 0.3) is 0 Å². The van der Waals surface area contributed by atoms with Gasteiger partial charge in [-0.15, -0.1) is 0 Å². The summed E-state index contributed by atoms with van der Waals surface area (Å²) in [5.74, 6) is -0.374. The summed E-state index contributed by atoms with van der Waals surface area (Å²) in [6.45, 7) is 0. The van der Waals surface area contributed by atoms with Crippen LogP contribution in [-0.4, -0.2) is 26.7 Å². The van der Waals surface area contributed by atoms with Gasteiger partial charge in [-0.2, -0.15) is 5.10 Å². The first-order valence-corrected chi connectivity index (χ1v) is 10.8. The van der Waals surface area contributed by atoms with Gasteiger partial charge in [-0.3, -0.25) is 20.3 Å². The Hall–Kier alpha value is -3.70. The number of hydrogen-bond acceptors (Lipinski definition) is 7. The van der Waals surface area contributed by atoms with Crippen LogP contribution in [0.3, 0.4) is 0 Å². The maximum atomic E-state index is 13.9. The molecule has 9 nitrogen and oxygen atoms in total. The van der Waals surface area contributed by atoms with Crippen LogP contribution >= 0.6 is 11.6 Å². The highest BCUT2D eigenvalue weighted by Crippen LogP contribution is 2.31. The van der Waals surface area contributed by atoms with Gasteiger partial charge in [-0.1, -0.05) is 29.8 Å². The quantitative estimate of drug-likeness (QED) is 0.276. The van der Waals surface area contributed by atoms with E-state index < -0.39 is 31.3 Å². The van der Waals surface area contributed by atoms with Gasteiger partial charge in [-0.05, 0) is 30.3 Å². The van der Waals surface area contributed by atoms with Crippen molar-refractivity contribution in [3.63, 3.8) is 0 Å². The number of hydrazone groups is 1. The second-order valence-electron chi connectivity index (χ2n) is 6.25. The van der Waals surface area contributed by atoms with Crippen LogP contribution < -0.4 is 14.9 Å². The van der Waals surface area contributed by atoms with E-state index in [-0.39, 0.29) is 27.7 Å². The molecule has 0 saturated heterocycles. The largest absolute Gasteiger partial charge is 0.495 e. The highest BCUT2D eigenvalue weighted by molar-refractivity contribution is 7.93. The normalized spacial score (nSPS) is 11.3. The van der Waals surface area contributed by atoms with Crippen molar-refractivity contribution in [2.75, 3.05) is 17.3 Å². The molecule has 0 aliphatic heterocycles. The summed E-state index contributed by atoms with van der Waals surface area (Å²) in [5, 5.41) is 15.1. The van der Waals surface area contributed by atoms with Crippen LogP contribution in [0.5, 0.6) is 5.75 Å². The van der Waals surface area contributed by atoms with Crippen molar-refractivity contribution >= 4 is 44.9 Å². The molecule has 0 aliphatic carbocycles. The Kier molecular flexibility index (Phi) is 6.91. The van der Waals surface area contributed by atoms with Gasteiger partial charge < -0.3 is 4.74 Å². The van der Waals surface area contributed by atoms with Crippen molar-refractivity contribution < 1.29 is 22.5 Å². The van der Waals surface area contributed by atoms with Crippen LogP contribution in [-0.2, 0) is 10.0 Å². The third-order valence-corrected chi connectivity index (χ3v) is 5.93. The molecule has 0 fully saturated rings. The number of non-ortho nitro benzene ring substituents is 1. The molecule has 0 aromatic heterocycles. The highest BCUT2D eigenvalue weighted by atomic mass is 35.5. The van der Waals surface area contributed by atoms with Crippen molar-refractivity contribution in [1.29, 1.82) is 0 Å². The molecule has 0 bridgehead atoms. The molecule has 0 saturated carbocycles. The fraction of sp³-hybridized carbons (Fsp3) is 0.0500. The number of nitrogens with one attached hydrogen (secondary N) is 2. The molecule has 0 unspecified atom stereocenters. The first-order chi connectivity index (χ1) is 15.2. The average Bonchev–Trinajstić information content (AvgIpc) is 2.76. The lowest BCUT2D eigenvalue weighted by atomic mass is 10.2. The first kappa shape index (κ1) is 23.0. The summed E-state index contributed by atoms with van der Waals surface area (Å²) in [4.78, 5) is 10.0. The van der Waals surface area contributed by atoms with E-state index in [1.165, 1.54) is 37.4 Å². The molecule has 0 aliphatic rings. The fourth-order valence-electron chi connectivity index (χ4n) is 2.67. The number of sulfonamides is 1. The molecule has 0 spiro atoms. The second-order valence-corrected chi connectivity index (χ2v) is 8.31. The predicted octanol–water partition coefficient (Wildman–Crippen LogP) is 4.64. The van der Waals surface area contributed by atoms with Crippen molar-refractivity contribution in [3.05, 3.63) is 87.2 Å². The predicted molar refractivity (Wildman–Crippen MR) is 120 cm³/mol. The molecule has 0 heterocycles. The summed E-state index contributed by atoms with van der Waals surface area (Å²) in [5.41, 5.74) is 2.06. The Morgan fingerprint density at radius 1 is 1.12 bits per heavy atom. The maximum Gasteiger partial charge on any atom is 0.270 e. The molecule has 3 aromatic carbocycles. The Labute approximate surface area is 187 Å². The lowest BCUT2D eigenvalue weighted by Gasteiger charge is -2.14. The van der Waals surface area contributed by atoms with E-state index in [0.29, 0.717) is 0 Å². The summed E-state index contributed by atoms with van der Waals surface area (Å²) in [7, 11) is -2.94. The van der Waals surface area contributed by atoms with Crippen LogP contribution in [0.15, 0.2) is 70.7 Å². The number of methoxy groups -OCH3 is 1. The number of ether oxygens (including phenoxy) is 1. The number of anilines is 2. The zero-order valence-corrected chi connectivity index (χ0v) is 18.0. The second kappa shape index (κ2) is 9.62. The number of halogens is 2. The summed E-state index contributed by atoms with van der Waals surface area (Å²) < 4.78 is 47.5. The Morgan fingerprint density at radius 3 is 2.56 bits per heavy atom. The molecule has 32 heavy (non-hydrogen) atoms. The smallest absolute Gasteiger partial charge is 0.270 e. The maximum absolute atomic E-state index is 13.9. The van der Waals surface area contributed by atoms with Crippen LogP contribution in [0, 0.1) is 15.9 Å². The van der Waals surface area contributed by atoms with E-state index in [2.05, 4.69) is 15.2 Å². The van der Waals surface area contributed by atoms with Gasteiger partial charge in [0.2, 0.25) is 0 Å². The molecule has 0 atom stereocenters. The minimum atomic E-state index is -4.31. The summed E-state index contributed by atoms with van der Waals surface area (Å²) in [6, 6.07) is 13.5. The third-order valence-electron chi connectivity index (χ3n) is 4.20. The Bertz CT molecular complexity index is 1280. The van der Waals surface area contributed by atoms with Gasteiger partial charge in [-0.25, -0.2) is 12.8 Å². The summed E-state index contributed by atoms with van der Waals surface area (Å²) >= 11 is 5.94. The van der Waals surface area contributed by atoms with Gasteiger partial charge >= 0.3 is 0 Å².